The molecule has 3 aromatic rings. The minimum atomic E-state index is -1.00. The smallest absolute Gasteiger partial charge is 0.410 e. The molecule has 1 aliphatic rings. The topological polar surface area (TPSA) is 129 Å². The molecule has 1 amide bonds. The Kier molecular flexibility index (Phi) is 7.01. The van der Waals surface area contributed by atoms with Crippen molar-refractivity contribution in [3.8, 4) is 29.4 Å². The molecule has 1 fully saturated rings. The van der Waals surface area contributed by atoms with Crippen molar-refractivity contribution in [3.05, 3.63) is 40.7 Å². The molecule has 12 heteroatoms. The van der Waals surface area contributed by atoms with Crippen LogP contribution in [0.4, 0.5) is 19.4 Å². The first-order valence-corrected chi connectivity index (χ1v) is 11.7. The van der Waals surface area contributed by atoms with Crippen LogP contribution in [0.15, 0.2) is 12.3 Å². The van der Waals surface area contributed by atoms with E-state index < -0.39 is 28.9 Å². The average molecular weight is 525 g/mol. The zero-order valence-corrected chi connectivity index (χ0v) is 21.6. The number of carbonyl (C=O) groups is 1. The maximum absolute atomic E-state index is 14.9. The van der Waals surface area contributed by atoms with E-state index in [1.54, 1.807) is 30.4 Å². The molecule has 0 unspecified atom stereocenters. The van der Waals surface area contributed by atoms with E-state index in [9.17, 15) is 18.8 Å². The lowest BCUT2D eigenvalue weighted by atomic mass is 10.1. The van der Waals surface area contributed by atoms with E-state index >= 15 is 0 Å². The van der Waals surface area contributed by atoms with Crippen LogP contribution < -0.4 is 15.2 Å². The fourth-order valence-corrected chi connectivity index (χ4v) is 4.18. The molecule has 1 saturated heterocycles. The first-order chi connectivity index (χ1) is 18.0. The highest BCUT2D eigenvalue weighted by Gasteiger charge is 2.33. The SMILES string of the molecule is COc1cc(OC)c(F)c(C#Cc2nn([C@H]3CCN(C(=O)OC(C)(C)C)C3)c3c(C#N)cnc(N)c23)c1F. The summed E-state index contributed by atoms with van der Waals surface area (Å²) < 4.78 is 46.7. The second-order valence-electron chi connectivity index (χ2n) is 9.59. The van der Waals surface area contributed by atoms with Crippen molar-refractivity contribution in [1.82, 2.24) is 19.7 Å². The van der Waals surface area contributed by atoms with Gasteiger partial charge in [0.1, 0.15) is 28.7 Å². The molecule has 198 valence electrons. The number of rotatable bonds is 3. The number of anilines is 1. The van der Waals surface area contributed by atoms with Gasteiger partial charge in [0, 0.05) is 25.4 Å². The zero-order chi connectivity index (χ0) is 27.8. The third kappa shape index (κ3) is 4.85. The quantitative estimate of drug-likeness (QED) is 0.513. The fraction of sp³-hybridized carbons (Fsp3) is 0.385. The number of amides is 1. The number of carbonyl (C=O) groups excluding carboxylic acids is 1. The summed E-state index contributed by atoms with van der Waals surface area (Å²) >= 11 is 0. The highest BCUT2D eigenvalue weighted by Crippen LogP contribution is 2.33. The van der Waals surface area contributed by atoms with E-state index in [4.69, 9.17) is 19.9 Å². The molecular weight excluding hydrogens is 498 g/mol. The van der Waals surface area contributed by atoms with Crippen molar-refractivity contribution >= 4 is 22.8 Å². The third-order valence-corrected chi connectivity index (χ3v) is 5.92. The molecular formula is C26H26F2N6O4. The fourth-order valence-electron chi connectivity index (χ4n) is 4.18. The highest BCUT2D eigenvalue weighted by atomic mass is 19.1. The summed E-state index contributed by atoms with van der Waals surface area (Å²) in [6, 6.07) is 2.82. The molecule has 38 heavy (non-hydrogen) atoms. The maximum Gasteiger partial charge on any atom is 0.410 e. The largest absolute Gasteiger partial charge is 0.493 e. The number of nitrogen functional groups attached to an aromatic ring is 1. The van der Waals surface area contributed by atoms with E-state index in [1.165, 1.54) is 20.4 Å². The number of hydrogen-bond acceptors (Lipinski definition) is 8. The molecule has 2 N–H and O–H groups in total. The Labute approximate surface area is 217 Å². The van der Waals surface area contributed by atoms with E-state index in [-0.39, 0.29) is 46.5 Å². The van der Waals surface area contributed by atoms with Crippen molar-refractivity contribution in [1.29, 1.82) is 5.26 Å². The van der Waals surface area contributed by atoms with Crippen LogP contribution in [0.5, 0.6) is 11.5 Å². The summed E-state index contributed by atoms with van der Waals surface area (Å²) in [6.45, 7) is 6.02. The van der Waals surface area contributed by atoms with E-state index in [2.05, 4.69) is 28.0 Å². The molecule has 1 atom stereocenters. The number of pyridine rings is 1. The predicted molar refractivity (Wildman–Crippen MR) is 134 cm³/mol. The van der Waals surface area contributed by atoms with Gasteiger partial charge < -0.3 is 24.8 Å². The predicted octanol–water partition coefficient (Wildman–Crippen LogP) is 3.76. The molecule has 3 heterocycles. The summed E-state index contributed by atoms with van der Waals surface area (Å²) in [7, 11) is 2.47. The van der Waals surface area contributed by atoms with E-state index in [1.807, 2.05) is 0 Å². The second-order valence-corrected chi connectivity index (χ2v) is 9.59. The van der Waals surface area contributed by atoms with Crippen LogP contribution in [-0.2, 0) is 4.74 Å². The van der Waals surface area contributed by atoms with Gasteiger partial charge in [-0.3, -0.25) is 4.68 Å². The Balaban J connectivity index is 1.82. The lowest BCUT2D eigenvalue weighted by Gasteiger charge is -2.24. The molecule has 10 nitrogen and oxygen atoms in total. The van der Waals surface area contributed by atoms with Gasteiger partial charge in [0.25, 0.3) is 0 Å². The lowest BCUT2D eigenvalue weighted by Crippen LogP contribution is -2.35. The first-order valence-electron chi connectivity index (χ1n) is 11.7. The van der Waals surface area contributed by atoms with Crippen molar-refractivity contribution in [2.45, 2.75) is 38.8 Å². The standard InChI is InChI=1S/C26H26F2N6O4/c1-26(2,3)38-25(35)33-9-8-15(13-33)34-23-14(11-29)12-31-24(30)20(23)17(32-34)7-6-16-21(27)18(36-4)10-19(37-5)22(16)28/h10,12,15H,8-9,13H2,1-5H3,(H2,30,31)/t15-/m0/s1. The average Bonchev–Trinajstić information content (AvgIpc) is 3.49. The summed E-state index contributed by atoms with van der Waals surface area (Å²) in [6.07, 6.45) is 1.38. The lowest BCUT2D eigenvalue weighted by molar-refractivity contribution is 0.0288. The Bertz CT molecular complexity index is 1500. The van der Waals surface area contributed by atoms with Gasteiger partial charge in [0.05, 0.1) is 36.7 Å². The highest BCUT2D eigenvalue weighted by molar-refractivity contribution is 5.96. The van der Waals surface area contributed by atoms with Crippen molar-refractivity contribution in [3.63, 3.8) is 0 Å². The van der Waals surface area contributed by atoms with Gasteiger partial charge in [0.15, 0.2) is 23.1 Å². The van der Waals surface area contributed by atoms with Crippen molar-refractivity contribution in [2.24, 2.45) is 0 Å². The number of ether oxygens (including phenoxy) is 3. The zero-order valence-electron chi connectivity index (χ0n) is 21.6. The number of nitrogens with two attached hydrogens (primary N) is 1. The first kappa shape index (κ1) is 26.5. The second kappa shape index (κ2) is 10.1. The van der Waals surface area contributed by atoms with Crippen LogP contribution >= 0.6 is 0 Å². The van der Waals surface area contributed by atoms with E-state index in [0.29, 0.717) is 18.5 Å². The van der Waals surface area contributed by atoms with Gasteiger partial charge in [-0.25, -0.2) is 18.6 Å². The Morgan fingerprint density at radius 2 is 1.84 bits per heavy atom. The molecule has 2 aromatic heterocycles. The molecule has 1 aliphatic heterocycles. The van der Waals surface area contributed by atoms with Crippen LogP contribution in [0.3, 0.4) is 0 Å². The number of halogens is 2. The van der Waals surface area contributed by atoms with Gasteiger partial charge in [-0.15, -0.1) is 0 Å². The number of nitriles is 1. The van der Waals surface area contributed by atoms with Gasteiger partial charge in [-0.1, -0.05) is 5.92 Å². The number of methoxy groups -OCH3 is 2. The van der Waals surface area contributed by atoms with Crippen LogP contribution in [0.2, 0.25) is 0 Å². The Morgan fingerprint density at radius 3 is 2.42 bits per heavy atom. The van der Waals surface area contributed by atoms with Crippen LogP contribution in [0, 0.1) is 34.8 Å². The number of hydrogen-bond donors (Lipinski definition) is 1. The monoisotopic (exact) mass is 524 g/mol. The normalized spacial score (nSPS) is 15.1. The van der Waals surface area contributed by atoms with Crippen molar-refractivity contribution in [2.75, 3.05) is 33.0 Å². The van der Waals surface area contributed by atoms with Crippen LogP contribution in [0.1, 0.15) is 50.1 Å². The number of nitrogens with zero attached hydrogens (tertiary/aromatic N) is 5. The molecule has 0 spiro atoms. The van der Waals surface area contributed by atoms with Gasteiger partial charge in [0.2, 0.25) is 0 Å². The summed E-state index contributed by atoms with van der Waals surface area (Å²) in [5.41, 5.74) is 5.53. The molecule has 4 rings (SSSR count). The maximum atomic E-state index is 14.9. The Hall–Kier alpha value is -4.58. The van der Waals surface area contributed by atoms with Gasteiger partial charge in [-0.05, 0) is 33.1 Å². The summed E-state index contributed by atoms with van der Waals surface area (Å²) in [5, 5.41) is 14.6. The minimum absolute atomic E-state index is 0.0423. The summed E-state index contributed by atoms with van der Waals surface area (Å²) in [5.74, 6) is 2.70. The molecule has 1 aromatic carbocycles. The molecule has 0 aliphatic carbocycles. The number of likely N-dealkylation sites (tertiary alicyclic amines) is 1. The van der Waals surface area contributed by atoms with E-state index in [0.717, 1.165) is 6.07 Å². The van der Waals surface area contributed by atoms with Crippen molar-refractivity contribution < 1.29 is 27.8 Å². The van der Waals surface area contributed by atoms with Gasteiger partial charge >= 0.3 is 6.09 Å². The van der Waals surface area contributed by atoms with Crippen LogP contribution in [-0.4, -0.2) is 58.7 Å². The molecule has 0 bridgehead atoms. The van der Waals surface area contributed by atoms with Gasteiger partial charge in [-0.2, -0.15) is 10.4 Å². The number of aromatic nitrogens is 3. The van der Waals surface area contributed by atoms with Crippen LogP contribution in [0.25, 0.3) is 10.9 Å². The Morgan fingerprint density at radius 1 is 1.18 bits per heavy atom. The third-order valence-electron chi connectivity index (χ3n) is 5.92. The minimum Gasteiger partial charge on any atom is -0.493 e. The molecule has 0 radical (unpaired) electrons. The summed E-state index contributed by atoms with van der Waals surface area (Å²) in [4.78, 5) is 18.2. The number of benzene rings is 1. The number of fused-ring (bicyclic) bond motifs is 1. The molecule has 0 saturated carbocycles.